The highest BCUT2D eigenvalue weighted by Crippen LogP contribution is 2.57. The summed E-state index contributed by atoms with van der Waals surface area (Å²) in [4.78, 5) is 30.7. The van der Waals surface area contributed by atoms with Gasteiger partial charge in [-0.1, -0.05) is 162 Å². The molecule has 2 rings (SSSR count). The smallest absolute Gasteiger partial charge is 0.229 e. The topological polar surface area (TPSA) is 51.2 Å². The number of rotatable bonds is 7. The maximum atomic E-state index is 15.8. The lowest BCUT2D eigenvalue weighted by molar-refractivity contribution is 0.103. The van der Waals surface area contributed by atoms with Gasteiger partial charge in [0.05, 0.1) is 0 Å². The molecule has 0 unspecified atom stereocenters. The van der Waals surface area contributed by atoms with E-state index in [1.807, 2.05) is 6.92 Å². The van der Waals surface area contributed by atoms with Gasteiger partial charge in [-0.05, 0) is 72.3 Å². The maximum absolute atomic E-state index is 15.8. The standard InChI is InChI=1S/C42H67O3P/c1-20-21-22-46(45,35(43)33-29(39(8,9)10)23-27(37(2,3)4)24-30(33)40(11,12)13)36(44)34-31(41(14,15)16)25-28(38(5,6)7)26-32(34)42(17,18)19/h23-26H,20-22H2,1-19H3. The lowest BCUT2D eigenvalue weighted by Gasteiger charge is -2.35. The van der Waals surface area contributed by atoms with E-state index in [-0.39, 0.29) is 17.0 Å². The molecule has 0 spiro atoms. The Morgan fingerprint density at radius 3 is 0.891 bits per heavy atom. The molecule has 0 radical (unpaired) electrons. The Labute approximate surface area is 283 Å². The number of unbranched alkanes of at least 4 members (excludes halogenated alkanes) is 1. The van der Waals surface area contributed by atoms with Crippen LogP contribution in [0.5, 0.6) is 0 Å². The van der Waals surface area contributed by atoms with Crippen LogP contribution in [-0.2, 0) is 37.1 Å². The minimum Gasteiger partial charge on any atom is -0.307 e. The van der Waals surface area contributed by atoms with Crippen molar-refractivity contribution in [2.45, 2.75) is 177 Å². The summed E-state index contributed by atoms with van der Waals surface area (Å²) in [5, 5.41) is 0. The van der Waals surface area contributed by atoms with E-state index in [2.05, 4.69) is 149 Å². The predicted octanol–water partition coefficient (Wildman–Crippen LogP) is 12.6. The molecule has 2 aromatic carbocycles. The average Bonchev–Trinajstić information content (AvgIpc) is 2.86. The Kier molecular flexibility index (Phi) is 11.2. The van der Waals surface area contributed by atoms with Crippen LogP contribution < -0.4 is 0 Å². The Morgan fingerprint density at radius 1 is 0.478 bits per heavy atom. The van der Waals surface area contributed by atoms with Crippen LogP contribution in [0.2, 0.25) is 0 Å². The van der Waals surface area contributed by atoms with Gasteiger partial charge in [0.25, 0.3) is 0 Å². The third-order valence-electron chi connectivity index (χ3n) is 9.15. The van der Waals surface area contributed by atoms with Crippen LogP contribution in [0, 0.1) is 0 Å². The summed E-state index contributed by atoms with van der Waals surface area (Å²) in [6.45, 7) is 40.4. The van der Waals surface area contributed by atoms with Crippen molar-refractivity contribution in [3.05, 3.63) is 68.8 Å². The van der Waals surface area contributed by atoms with E-state index >= 15 is 14.2 Å². The zero-order valence-electron chi connectivity index (χ0n) is 33.1. The largest absolute Gasteiger partial charge is 0.307 e. The van der Waals surface area contributed by atoms with E-state index in [0.29, 0.717) is 17.5 Å². The monoisotopic (exact) mass is 650 g/mol. The van der Waals surface area contributed by atoms with E-state index in [9.17, 15) is 0 Å². The van der Waals surface area contributed by atoms with Crippen LogP contribution in [0.1, 0.15) is 198 Å². The van der Waals surface area contributed by atoms with E-state index in [1.165, 1.54) is 0 Å². The number of carbonyl (C=O) groups is 2. The highest BCUT2D eigenvalue weighted by molar-refractivity contribution is 7.95. The van der Waals surface area contributed by atoms with Gasteiger partial charge < -0.3 is 4.57 Å². The van der Waals surface area contributed by atoms with Crippen molar-refractivity contribution in [3.63, 3.8) is 0 Å². The first-order valence-corrected chi connectivity index (χ1v) is 19.3. The highest BCUT2D eigenvalue weighted by atomic mass is 31.2. The molecule has 0 N–H and O–H groups in total. The normalized spacial score (nSPS) is 14.1. The summed E-state index contributed by atoms with van der Waals surface area (Å²) in [5.74, 6) is 0. The van der Waals surface area contributed by atoms with Crippen molar-refractivity contribution in [2.75, 3.05) is 6.16 Å². The number of hydrogen-bond donors (Lipinski definition) is 0. The second kappa shape index (κ2) is 12.8. The molecule has 0 aliphatic carbocycles. The van der Waals surface area contributed by atoms with Crippen LogP contribution in [-0.4, -0.2) is 17.2 Å². The van der Waals surface area contributed by atoms with Crippen LogP contribution >= 0.6 is 7.14 Å². The number of carbonyl (C=O) groups excluding carboxylic acids is 2. The van der Waals surface area contributed by atoms with Gasteiger partial charge in [-0.3, -0.25) is 9.59 Å². The first-order valence-electron chi connectivity index (χ1n) is 17.4. The van der Waals surface area contributed by atoms with Gasteiger partial charge in [0.15, 0.2) is 0 Å². The van der Waals surface area contributed by atoms with Crippen LogP contribution in [0.4, 0.5) is 0 Å². The van der Waals surface area contributed by atoms with Gasteiger partial charge in [0.1, 0.15) is 0 Å². The molecule has 2 aromatic rings. The summed E-state index contributed by atoms with van der Waals surface area (Å²) in [5.41, 5.74) is 3.84. The zero-order chi connectivity index (χ0) is 36.2. The molecule has 0 saturated carbocycles. The first kappa shape index (κ1) is 40.2. The van der Waals surface area contributed by atoms with Crippen LogP contribution in [0.3, 0.4) is 0 Å². The fourth-order valence-corrected chi connectivity index (χ4v) is 8.57. The van der Waals surface area contributed by atoms with Crippen molar-refractivity contribution in [1.82, 2.24) is 0 Å². The Bertz CT molecular complexity index is 1330. The zero-order valence-corrected chi connectivity index (χ0v) is 34.0. The van der Waals surface area contributed by atoms with E-state index in [4.69, 9.17) is 0 Å². The van der Waals surface area contributed by atoms with Gasteiger partial charge >= 0.3 is 0 Å². The van der Waals surface area contributed by atoms with Gasteiger partial charge in [0.2, 0.25) is 18.2 Å². The molecule has 0 fully saturated rings. The van der Waals surface area contributed by atoms with Crippen molar-refractivity contribution in [2.24, 2.45) is 0 Å². The molecule has 0 aliphatic heterocycles. The van der Waals surface area contributed by atoms with Crippen molar-refractivity contribution in [1.29, 1.82) is 0 Å². The van der Waals surface area contributed by atoms with E-state index in [0.717, 1.165) is 39.8 Å². The fourth-order valence-electron chi connectivity index (χ4n) is 6.01. The van der Waals surface area contributed by atoms with Crippen molar-refractivity contribution in [3.8, 4) is 0 Å². The molecule has 0 aliphatic rings. The molecule has 3 nitrogen and oxygen atoms in total. The van der Waals surface area contributed by atoms with E-state index < -0.39 is 39.9 Å². The summed E-state index contributed by atoms with van der Waals surface area (Å²) in [6.07, 6.45) is 1.36. The minimum absolute atomic E-state index is 0.0730. The highest BCUT2D eigenvalue weighted by Gasteiger charge is 2.47. The summed E-state index contributed by atoms with van der Waals surface area (Å²) in [6, 6.07) is 8.54. The molecule has 258 valence electrons. The second-order valence-corrected chi connectivity index (χ2v) is 22.6. The Balaban J connectivity index is 3.23. The SMILES string of the molecule is CCCCP(=O)(C(=O)c1c(C(C)(C)C)cc(C(C)(C)C)cc1C(C)(C)C)C(=O)c1c(C(C)(C)C)cc(C(C)(C)C)cc1C(C)(C)C. The quantitative estimate of drug-likeness (QED) is 0.280. The van der Waals surface area contributed by atoms with Crippen LogP contribution in [0.15, 0.2) is 24.3 Å². The maximum Gasteiger partial charge on any atom is 0.229 e. The first-order chi connectivity index (χ1) is 20.3. The lowest BCUT2D eigenvalue weighted by Crippen LogP contribution is -2.30. The molecular weight excluding hydrogens is 583 g/mol. The fraction of sp³-hybridized carbons (Fsp3) is 0.667. The van der Waals surface area contributed by atoms with Gasteiger partial charge in [0, 0.05) is 17.3 Å². The molecule has 0 bridgehead atoms. The molecule has 0 aromatic heterocycles. The molecule has 46 heavy (non-hydrogen) atoms. The Hall–Kier alpha value is -1.99. The van der Waals surface area contributed by atoms with Gasteiger partial charge in [-0.15, -0.1) is 0 Å². The Morgan fingerprint density at radius 2 is 0.717 bits per heavy atom. The molecule has 0 saturated heterocycles. The summed E-state index contributed by atoms with van der Waals surface area (Å²) in [7, 11) is -4.14. The molecule has 0 heterocycles. The minimum atomic E-state index is -4.14. The number of hydrogen-bond acceptors (Lipinski definition) is 3. The van der Waals surface area contributed by atoms with E-state index in [1.54, 1.807) is 0 Å². The molecule has 0 amide bonds. The third kappa shape index (κ3) is 8.53. The number of benzene rings is 2. The van der Waals surface area contributed by atoms with Crippen LogP contribution in [0.25, 0.3) is 0 Å². The average molecular weight is 651 g/mol. The third-order valence-corrected chi connectivity index (χ3v) is 11.9. The van der Waals surface area contributed by atoms with Crippen molar-refractivity contribution >= 4 is 18.2 Å². The molecule has 4 heteroatoms. The van der Waals surface area contributed by atoms with Gasteiger partial charge in [-0.2, -0.15) is 0 Å². The predicted molar refractivity (Wildman–Crippen MR) is 201 cm³/mol. The van der Waals surface area contributed by atoms with Gasteiger partial charge in [-0.25, -0.2) is 0 Å². The summed E-state index contributed by atoms with van der Waals surface area (Å²) >= 11 is 0. The summed E-state index contributed by atoms with van der Waals surface area (Å²) < 4.78 is 15.8. The molecular formula is C42H67O3P. The lowest BCUT2D eigenvalue weighted by atomic mass is 9.72. The van der Waals surface area contributed by atoms with Crippen molar-refractivity contribution < 1.29 is 14.2 Å². The molecule has 0 atom stereocenters. The second-order valence-electron chi connectivity index (χ2n) is 19.8.